The summed E-state index contributed by atoms with van der Waals surface area (Å²) in [5.41, 5.74) is 5.81. The zero-order chi connectivity index (χ0) is 15.3. The summed E-state index contributed by atoms with van der Waals surface area (Å²) in [6.07, 6.45) is 0.660. The molecule has 1 aromatic rings. The van der Waals surface area contributed by atoms with Crippen LogP contribution < -0.4 is 15.2 Å². The number of hydrogen-bond donors (Lipinski definition) is 2. The van der Waals surface area contributed by atoms with Crippen molar-refractivity contribution >= 4 is 5.97 Å². The zero-order valence-corrected chi connectivity index (χ0v) is 12.5. The van der Waals surface area contributed by atoms with Crippen LogP contribution in [0.3, 0.4) is 0 Å². The monoisotopic (exact) mass is 281 g/mol. The lowest BCUT2D eigenvalue weighted by molar-refractivity contribution is -0.148. The number of benzene rings is 1. The lowest BCUT2D eigenvalue weighted by atomic mass is 9.95. The summed E-state index contributed by atoms with van der Waals surface area (Å²) < 4.78 is 10.9. The zero-order valence-electron chi connectivity index (χ0n) is 12.5. The first-order valence-corrected chi connectivity index (χ1v) is 6.55. The quantitative estimate of drug-likeness (QED) is 0.799. The molecule has 0 radical (unpaired) electrons. The lowest BCUT2D eigenvalue weighted by Crippen LogP contribution is -2.31. The van der Waals surface area contributed by atoms with Gasteiger partial charge in [0, 0.05) is 12.1 Å². The predicted octanol–water partition coefficient (Wildman–Crippen LogP) is 2.07. The molecule has 0 bridgehead atoms. The van der Waals surface area contributed by atoms with Crippen LogP contribution in [-0.4, -0.2) is 30.8 Å². The highest BCUT2D eigenvalue weighted by Gasteiger charge is 2.28. The highest BCUT2D eigenvalue weighted by atomic mass is 16.5. The van der Waals surface area contributed by atoms with Crippen molar-refractivity contribution in [1.29, 1.82) is 0 Å². The third-order valence-electron chi connectivity index (χ3n) is 2.98. The van der Waals surface area contributed by atoms with Crippen LogP contribution in [0.15, 0.2) is 18.2 Å². The minimum atomic E-state index is -0.950. The molecule has 0 heterocycles. The van der Waals surface area contributed by atoms with Crippen LogP contribution in [-0.2, 0) is 11.2 Å². The average Bonchev–Trinajstić information content (AvgIpc) is 2.36. The first-order valence-electron chi connectivity index (χ1n) is 6.55. The Bertz CT molecular complexity index is 469. The normalized spacial score (nSPS) is 12.8. The Labute approximate surface area is 119 Å². The maximum Gasteiger partial charge on any atom is 0.312 e. The highest BCUT2D eigenvalue weighted by molar-refractivity contribution is 5.73. The summed E-state index contributed by atoms with van der Waals surface area (Å²) in [5.74, 6) is 0.395. The molecular weight excluding hydrogens is 258 g/mol. The Morgan fingerprint density at radius 3 is 2.60 bits per heavy atom. The molecular formula is C15H23NO4. The van der Waals surface area contributed by atoms with Crippen molar-refractivity contribution in [3.63, 3.8) is 0 Å². The Morgan fingerprint density at radius 1 is 1.45 bits per heavy atom. The largest absolute Gasteiger partial charge is 0.497 e. The van der Waals surface area contributed by atoms with E-state index in [-0.39, 0.29) is 12.6 Å². The van der Waals surface area contributed by atoms with Crippen LogP contribution in [0.25, 0.3) is 0 Å². The molecule has 0 saturated carbocycles. The Morgan fingerprint density at radius 2 is 2.10 bits per heavy atom. The summed E-state index contributed by atoms with van der Waals surface area (Å²) in [6, 6.07) is 5.49. The molecule has 5 nitrogen and oxygen atoms in total. The van der Waals surface area contributed by atoms with Gasteiger partial charge in [0.15, 0.2) is 0 Å². The van der Waals surface area contributed by atoms with Crippen molar-refractivity contribution in [1.82, 2.24) is 0 Å². The van der Waals surface area contributed by atoms with Gasteiger partial charge in [0.05, 0.1) is 12.5 Å². The fraction of sp³-hybridized carbons (Fsp3) is 0.533. The van der Waals surface area contributed by atoms with Gasteiger partial charge >= 0.3 is 5.97 Å². The molecule has 0 aliphatic carbocycles. The van der Waals surface area contributed by atoms with E-state index in [0.29, 0.717) is 17.9 Å². The van der Waals surface area contributed by atoms with E-state index < -0.39 is 11.4 Å². The number of carboxylic acid groups (broad SMARTS) is 1. The van der Waals surface area contributed by atoms with Crippen LogP contribution in [0, 0.1) is 5.41 Å². The fourth-order valence-electron chi connectivity index (χ4n) is 1.63. The van der Waals surface area contributed by atoms with Crippen LogP contribution in [0.4, 0.5) is 0 Å². The Balaban J connectivity index is 2.93. The van der Waals surface area contributed by atoms with Gasteiger partial charge in [0.25, 0.3) is 0 Å². The number of ether oxygens (including phenoxy) is 2. The van der Waals surface area contributed by atoms with E-state index in [9.17, 15) is 4.79 Å². The van der Waals surface area contributed by atoms with E-state index in [2.05, 4.69) is 0 Å². The van der Waals surface area contributed by atoms with Crippen LogP contribution in [0.1, 0.15) is 26.3 Å². The van der Waals surface area contributed by atoms with E-state index in [1.165, 1.54) is 0 Å². The molecule has 20 heavy (non-hydrogen) atoms. The van der Waals surface area contributed by atoms with Gasteiger partial charge in [-0.25, -0.2) is 0 Å². The van der Waals surface area contributed by atoms with Crippen molar-refractivity contribution in [2.45, 2.75) is 33.2 Å². The molecule has 1 atom stereocenters. The molecule has 0 amide bonds. The molecule has 1 unspecified atom stereocenters. The number of carbonyl (C=O) groups is 1. The predicted molar refractivity (Wildman–Crippen MR) is 77.3 cm³/mol. The second-order valence-corrected chi connectivity index (χ2v) is 5.63. The molecule has 5 heteroatoms. The van der Waals surface area contributed by atoms with Crippen molar-refractivity contribution in [3.8, 4) is 11.5 Å². The summed E-state index contributed by atoms with van der Waals surface area (Å²) in [4.78, 5) is 11.1. The molecule has 0 aliphatic heterocycles. The number of aliphatic carboxylic acids is 1. The SMILES string of the molecule is COc1ccc(CC(C)N)c(OCC(C)(C)C(=O)O)c1. The number of hydrogen-bond acceptors (Lipinski definition) is 4. The summed E-state index contributed by atoms with van der Waals surface area (Å²) >= 11 is 0. The highest BCUT2D eigenvalue weighted by Crippen LogP contribution is 2.28. The second kappa shape index (κ2) is 6.61. The summed E-state index contributed by atoms with van der Waals surface area (Å²) in [7, 11) is 1.57. The average molecular weight is 281 g/mol. The molecule has 112 valence electrons. The van der Waals surface area contributed by atoms with Gasteiger partial charge in [-0.3, -0.25) is 4.79 Å². The minimum absolute atomic E-state index is 0.00164. The maximum absolute atomic E-state index is 11.1. The third-order valence-corrected chi connectivity index (χ3v) is 2.98. The molecule has 0 saturated heterocycles. The third kappa shape index (κ3) is 4.42. The molecule has 1 rings (SSSR count). The van der Waals surface area contributed by atoms with Crippen LogP contribution >= 0.6 is 0 Å². The van der Waals surface area contributed by atoms with Crippen molar-refractivity contribution in [2.24, 2.45) is 11.1 Å². The number of methoxy groups -OCH3 is 1. The van der Waals surface area contributed by atoms with E-state index in [1.54, 1.807) is 27.0 Å². The van der Waals surface area contributed by atoms with Gasteiger partial charge < -0.3 is 20.3 Å². The van der Waals surface area contributed by atoms with Gasteiger partial charge in [-0.1, -0.05) is 6.07 Å². The van der Waals surface area contributed by atoms with E-state index in [0.717, 1.165) is 5.56 Å². The van der Waals surface area contributed by atoms with Gasteiger partial charge in [-0.15, -0.1) is 0 Å². The lowest BCUT2D eigenvalue weighted by Gasteiger charge is -2.21. The molecule has 0 spiro atoms. The van der Waals surface area contributed by atoms with Crippen molar-refractivity contribution in [2.75, 3.05) is 13.7 Å². The smallest absolute Gasteiger partial charge is 0.312 e. The Hall–Kier alpha value is -1.75. The standard InChI is InChI=1S/C15H23NO4/c1-10(16)7-11-5-6-12(19-4)8-13(11)20-9-15(2,3)14(17)18/h5-6,8,10H,7,9,16H2,1-4H3,(H,17,18). The number of rotatable bonds is 7. The first kappa shape index (κ1) is 16.3. The number of nitrogens with two attached hydrogens (primary N) is 1. The van der Waals surface area contributed by atoms with Crippen LogP contribution in [0.2, 0.25) is 0 Å². The van der Waals surface area contributed by atoms with Crippen LogP contribution in [0.5, 0.6) is 11.5 Å². The fourth-order valence-corrected chi connectivity index (χ4v) is 1.63. The van der Waals surface area contributed by atoms with E-state index in [4.69, 9.17) is 20.3 Å². The molecule has 3 N–H and O–H groups in total. The van der Waals surface area contributed by atoms with E-state index in [1.807, 2.05) is 19.1 Å². The number of carboxylic acids is 1. The molecule has 0 fully saturated rings. The van der Waals surface area contributed by atoms with Gasteiger partial charge in [-0.05, 0) is 38.8 Å². The van der Waals surface area contributed by atoms with Crippen molar-refractivity contribution < 1.29 is 19.4 Å². The van der Waals surface area contributed by atoms with Gasteiger partial charge in [-0.2, -0.15) is 0 Å². The Kier molecular flexibility index (Phi) is 5.39. The van der Waals surface area contributed by atoms with E-state index >= 15 is 0 Å². The molecule has 0 aromatic heterocycles. The second-order valence-electron chi connectivity index (χ2n) is 5.63. The maximum atomic E-state index is 11.1. The van der Waals surface area contributed by atoms with Gasteiger partial charge in [0.1, 0.15) is 18.1 Å². The summed E-state index contributed by atoms with van der Waals surface area (Å²) in [5, 5.41) is 9.11. The first-order chi connectivity index (χ1) is 9.26. The summed E-state index contributed by atoms with van der Waals surface area (Å²) in [6.45, 7) is 5.25. The minimum Gasteiger partial charge on any atom is -0.497 e. The molecule has 0 aliphatic rings. The molecule has 1 aromatic carbocycles. The topological polar surface area (TPSA) is 81.8 Å². The van der Waals surface area contributed by atoms with Crippen molar-refractivity contribution in [3.05, 3.63) is 23.8 Å². The van der Waals surface area contributed by atoms with Gasteiger partial charge in [0.2, 0.25) is 0 Å².